The van der Waals surface area contributed by atoms with Gasteiger partial charge in [-0.2, -0.15) is 0 Å². The Bertz CT molecular complexity index is 64.5. The summed E-state index contributed by atoms with van der Waals surface area (Å²) in [5, 5.41) is 0. The standard InChI is InChI=1S/C5H10ClN/c1-5(7)3-2-4-6/h3H,2,4,7H2,1H3/b5-3+. The second kappa shape index (κ2) is 4.00. The first kappa shape index (κ1) is 6.83. The van der Waals surface area contributed by atoms with Crippen LogP contribution in [0.4, 0.5) is 0 Å². The van der Waals surface area contributed by atoms with Crippen molar-refractivity contribution in [3.63, 3.8) is 0 Å². The molecule has 0 aromatic carbocycles. The number of hydrogen-bond acceptors (Lipinski definition) is 1. The first-order valence-electron chi connectivity index (χ1n) is 2.25. The molecule has 0 spiro atoms. The van der Waals surface area contributed by atoms with E-state index >= 15 is 0 Å². The fraction of sp³-hybridized carbons (Fsp3) is 0.600. The smallest absolute Gasteiger partial charge is 0.0258 e. The fourth-order valence-electron chi connectivity index (χ4n) is 0.282. The first-order valence-corrected chi connectivity index (χ1v) is 2.79. The second-order valence-corrected chi connectivity index (χ2v) is 1.80. The largest absolute Gasteiger partial charge is 0.403 e. The molecule has 0 aromatic heterocycles. The van der Waals surface area contributed by atoms with Crippen LogP contribution < -0.4 is 5.73 Å². The van der Waals surface area contributed by atoms with Gasteiger partial charge in [-0.25, -0.2) is 0 Å². The zero-order valence-corrected chi connectivity index (χ0v) is 5.20. The van der Waals surface area contributed by atoms with Crippen molar-refractivity contribution >= 4 is 11.6 Å². The maximum atomic E-state index is 5.35. The molecule has 0 saturated carbocycles. The molecule has 0 aliphatic heterocycles. The Morgan fingerprint density at radius 1 is 1.86 bits per heavy atom. The van der Waals surface area contributed by atoms with Gasteiger partial charge in [-0.1, -0.05) is 6.08 Å². The Labute approximate surface area is 49.2 Å². The third kappa shape index (κ3) is 5.83. The molecule has 0 atom stereocenters. The highest BCUT2D eigenvalue weighted by atomic mass is 35.5. The Morgan fingerprint density at radius 3 is 2.57 bits per heavy atom. The van der Waals surface area contributed by atoms with Crippen molar-refractivity contribution in [1.82, 2.24) is 0 Å². The Morgan fingerprint density at radius 2 is 2.43 bits per heavy atom. The van der Waals surface area contributed by atoms with Gasteiger partial charge in [-0.05, 0) is 13.3 Å². The van der Waals surface area contributed by atoms with Gasteiger partial charge >= 0.3 is 0 Å². The number of rotatable bonds is 2. The molecule has 1 nitrogen and oxygen atoms in total. The molecule has 0 bridgehead atoms. The summed E-state index contributed by atoms with van der Waals surface area (Å²) >= 11 is 5.35. The average molecular weight is 120 g/mol. The van der Waals surface area contributed by atoms with Gasteiger partial charge in [0.25, 0.3) is 0 Å². The predicted molar refractivity (Wildman–Crippen MR) is 33.3 cm³/mol. The van der Waals surface area contributed by atoms with E-state index in [1.165, 1.54) is 0 Å². The van der Waals surface area contributed by atoms with Gasteiger partial charge in [0.2, 0.25) is 0 Å². The number of halogens is 1. The third-order valence-electron chi connectivity index (χ3n) is 0.575. The van der Waals surface area contributed by atoms with E-state index in [9.17, 15) is 0 Å². The van der Waals surface area contributed by atoms with E-state index in [2.05, 4.69) is 0 Å². The van der Waals surface area contributed by atoms with Crippen LogP contribution in [0, 0.1) is 0 Å². The third-order valence-corrected chi connectivity index (χ3v) is 0.794. The number of allylic oxidation sites excluding steroid dienone is 2. The summed E-state index contributed by atoms with van der Waals surface area (Å²) in [5.74, 6) is 0.661. The van der Waals surface area contributed by atoms with E-state index in [-0.39, 0.29) is 0 Å². The highest BCUT2D eigenvalue weighted by molar-refractivity contribution is 6.17. The van der Waals surface area contributed by atoms with Crippen molar-refractivity contribution < 1.29 is 0 Å². The zero-order valence-electron chi connectivity index (χ0n) is 4.45. The van der Waals surface area contributed by atoms with Crippen LogP contribution in [-0.2, 0) is 0 Å². The van der Waals surface area contributed by atoms with Crippen molar-refractivity contribution in [1.29, 1.82) is 0 Å². The molecule has 0 radical (unpaired) electrons. The van der Waals surface area contributed by atoms with Gasteiger partial charge in [-0.15, -0.1) is 11.6 Å². The van der Waals surface area contributed by atoms with Crippen LogP contribution in [0.25, 0.3) is 0 Å². The lowest BCUT2D eigenvalue weighted by Gasteiger charge is -1.84. The lowest BCUT2D eigenvalue weighted by atomic mass is 10.4. The molecule has 2 heteroatoms. The highest BCUT2D eigenvalue weighted by Crippen LogP contribution is 1.88. The van der Waals surface area contributed by atoms with Crippen molar-refractivity contribution in [2.24, 2.45) is 5.73 Å². The van der Waals surface area contributed by atoms with Crippen molar-refractivity contribution in [3.8, 4) is 0 Å². The summed E-state index contributed by atoms with van der Waals surface area (Å²) in [6.07, 6.45) is 2.79. The molecule has 0 amide bonds. The van der Waals surface area contributed by atoms with Crippen LogP contribution >= 0.6 is 11.6 Å². The molecule has 0 heterocycles. The van der Waals surface area contributed by atoms with Gasteiger partial charge < -0.3 is 5.73 Å². The van der Waals surface area contributed by atoms with Gasteiger partial charge in [-0.3, -0.25) is 0 Å². The van der Waals surface area contributed by atoms with Crippen molar-refractivity contribution in [2.75, 3.05) is 5.88 Å². The second-order valence-electron chi connectivity index (χ2n) is 1.43. The summed E-state index contributed by atoms with van der Waals surface area (Å²) < 4.78 is 0. The quantitative estimate of drug-likeness (QED) is 0.548. The van der Waals surface area contributed by atoms with Gasteiger partial charge in [0.1, 0.15) is 0 Å². The van der Waals surface area contributed by atoms with Crippen molar-refractivity contribution in [3.05, 3.63) is 11.8 Å². The molecule has 0 rings (SSSR count). The molecule has 2 N–H and O–H groups in total. The minimum atomic E-state index is 0.661. The highest BCUT2D eigenvalue weighted by Gasteiger charge is 1.74. The number of alkyl halides is 1. The van der Waals surface area contributed by atoms with Crippen molar-refractivity contribution in [2.45, 2.75) is 13.3 Å². The number of hydrogen-bond donors (Lipinski definition) is 1. The Kier molecular flexibility index (Phi) is 3.90. The van der Waals surface area contributed by atoms with Crippen LogP contribution in [0.3, 0.4) is 0 Å². The summed E-state index contributed by atoms with van der Waals surface area (Å²) in [5.41, 5.74) is 6.13. The van der Waals surface area contributed by atoms with Crippen LogP contribution in [0.15, 0.2) is 11.8 Å². The van der Waals surface area contributed by atoms with E-state index in [1.54, 1.807) is 0 Å². The average Bonchev–Trinajstić information content (AvgIpc) is 1.61. The van der Waals surface area contributed by atoms with Crippen LogP contribution in [0.5, 0.6) is 0 Å². The zero-order chi connectivity index (χ0) is 5.70. The first-order chi connectivity index (χ1) is 3.27. The van der Waals surface area contributed by atoms with Crippen LogP contribution in [0.1, 0.15) is 13.3 Å². The van der Waals surface area contributed by atoms with E-state index in [4.69, 9.17) is 17.3 Å². The molecule has 42 valence electrons. The molecule has 0 aliphatic rings. The summed E-state index contributed by atoms with van der Waals surface area (Å²) in [4.78, 5) is 0. The van der Waals surface area contributed by atoms with Crippen LogP contribution in [-0.4, -0.2) is 5.88 Å². The molecule has 0 unspecified atom stereocenters. The number of nitrogens with two attached hydrogens (primary N) is 1. The Hall–Kier alpha value is -0.170. The lowest BCUT2D eigenvalue weighted by Crippen LogP contribution is -1.89. The molecule has 0 saturated heterocycles. The molecule has 0 fully saturated rings. The van der Waals surface area contributed by atoms with Crippen LogP contribution in [0.2, 0.25) is 0 Å². The monoisotopic (exact) mass is 119 g/mol. The molecular formula is C5H10ClN. The van der Waals surface area contributed by atoms with Gasteiger partial charge in [0, 0.05) is 11.6 Å². The molecule has 7 heavy (non-hydrogen) atoms. The normalized spacial score (nSPS) is 12.0. The minimum absolute atomic E-state index is 0.661. The topological polar surface area (TPSA) is 26.0 Å². The fourth-order valence-corrected chi connectivity index (χ4v) is 0.391. The summed E-state index contributed by atoms with van der Waals surface area (Å²) in [6.45, 7) is 1.85. The SMILES string of the molecule is C/C(N)=C\CCCl. The van der Waals surface area contributed by atoms with Gasteiger partial charge in [0.05, 0.1) is 0 Å². The summed E-state index contributed by atoms with van der Waals surface area (Å²) in [6, 6.07) is 0. The van der Waals surface area contributed by atoms with E-state index in [1.807, 2.05) is 13.0 Å². The summed E-state index contributed by atoms with van der Waals surface area (Å²) in [7, 11) is 0. The maximum absolute atomic E-state index is 5.35. The van der Waals surface area contributed by atoms with E-state index in [0.717, 1.165) is 12.1 Å². The lowest BCUT2D eigenvalue weighted by molar-refractivity contribution is 1.16. The maximum Gasteiger partial charge on any atom is 0.0258 e. The molecular weight excluding hydrogens is 110 g/mol. The van der Waals surface area contributed by atoms with Gasteiger partial charge in [0.15, 0.2) is 0 Å². The predicted octanol–water partition coefficient (Wildman–Crippen LogP) is 1.48. The minimum Gasteiger partial charge on any atom is -0.403 e. The molecule has 0 aliphatic carbocycles. The molecule has 0 aromatic rings. The van der Waals surface area contributed by atoms with E-state index in [0.29, 0.717) is 5.88 Å². The van der Waals surface area contributed by atoms with E-state index < -0.39 is 0 Å². The Balaban J connectivity index is 3.08.